The van der Waals surface area contributed by atoms with Gasteiger partial charge in [-0.15, -0.1) is 0 Å². The molecule has 0 aliphatic carbocycles. The van der Waals surface area contributed by atoms with Crippen molar-refractivity contribution in [1.29, 1.82) is 0 Å². The Labute approximate surface area is 54.4 Å². The third kappa shape index (κ3) is 1.66. The maximum absolute atomic E-state index is 11.6. The normalized spacial score (nSPS) is 25.6. The van der Waals surface area contributed by atoms with Gasteiger partial charge in [0.05, 0.1) is 6.04 Å². The third-order valence-electron chi connectivity index (χ3n) is 1.02. The molecule has 0 spiro atoms. The van der Waals surface area contributed by atoms with Gasteiger partial charge in [-0.3, -0.25) is 4.99 Å². The molecule has 0 amide bonds. The summed E-state index contributed by atoms with van der Waals surface area (Å²) >= 11 is 0. The highest BCUT2D eigenvalue weighted by molar-refractivity contribution is 5.59. The second-order valence-corrected chi connectivity index (χ2v) is 1.87. The summed E-state index contributed by atoms with van der Waals surface area (Å²) in [7, 11) is 0. The molecular formula is C6H8FN2. The third-order valence-corrected chi connectivity index (χ3v) is 1.02. The highest BCUT2D eigenvalue weighted by Gasteiger charge is 2.13. The van der Waals surface area contributed by atoms with Crippen LogP contribution in [-0.2, 0) is 0 Å². The van der Waals surface area contributed by atoms with E-state index in [0.29, 0.717) is 6.54 Å². The number of hydrogen-bond acceptors (Lipinski definition) is 2. The van der Waals surface area contributed by atoms with Gasteiger partial charge in [0.1, 0.15) is 13.2 Å². The zero-order valence-electron chi connectivity index (χ0n) is 5.26. The Hall–Kier alpha value is -0.600. The second-order valence-electron chi connectivity index (χ2n) is 1.87. The van der Waals surface area contributed by atoms with Crippen LogP contribution < -0.4 is 0 Å². The zero-order valence-corrected chi connectivity index (χ0v) is 5.26. The molecule has 1 unspecified atom stereocenters. The standard InChI is InChI=1S/C6H8FN2/c1-6-4-9(3-2-7)5-8-6/h6H,2-3H2,1H3. The molecule has 0 aromatic heterocycles. The average Bonchev–Trinajstić information content (AvgIpc) is 2.17. The lowest BCUT2D eigenvalue weighted by molar-refractivity contribution is 0.403. The number of hydrogen-bond donors (Lipinski definition) is 0. The fraction of sp³-hybridized carbons (Fsp3) is 0.667. The smallest absolute Gasteiger partial charge is 0.168 e. The Morgan fingerprint density at radius 3 is 3.00 bits per heavy atom. The summed E-state index contributed by atoms with van der Waals surface area (Å²) in [5, 5.41) is 0. The van der Waals surface area contributed by atoms with Crippen LogP contribution in [0.1, 0.15) is 6.92 Å². The first-order valence-electron chi connectivity index (χ1n) is 2.88. The van der Waals surface area contributed by atoms with Crippen molar-refractivity contribution in [2.45, 2.75) is 13.0 Å². The van der Waals surface area contributed by atoms with E-state index in [4.69, 9.17) is 0 Å². The van der Waals surface area contributed by atoms with Gasteiger partial charge in [-0.2, -0.15) is 0 Å². The Kier molecular flexibility index (Phi) is 2.03. The first-order valence-corrected chi connectivity index (χ1v) is 2.88. The summed E-state index contributed by atoms with van der Waals surface area (Å²) in [5.74, 6) is 0. The van der Waals surface area contributed by atoms with E-state index in [1.165, 1.54) is 4.90 Å². The van der Waals surface area contributed by atoms with E-state index >= 15 is 0 Å². The molecule has 0 N–H and O–H groups in total. The minimum atomic E-state index is -0.373. The largest absolute Gasteiger partial charge is 0.338 e. The van der Waals surface area contributed by atoms with Gasteiger partial charge in [-0.1, -0.05) is 0 Å². The average molecular weight is 127 g/mol. The van der Waals surface area contributed by atoms with Gasteiger partial charge in [-0.05, 0) is 6.92 Å². The summed E-state index contributed by atoms with van der Waals surface area (Å²) in [4.78, 5) is 5.35. The van der Waals surface area contributed by atoms with Crippen molar-refractivity contribution >= 4 is 6.34 Å². The van der Waals surface area contributed by atoms with Crippen LogP contribution in [0.25, 0.3) is 0 Å². The van der Waals surface area contributed by atoms with Crippen molar-refractivity contribution in [3.8, 4) is 0 Å². The maximum Gasteiger partial charge on any atom is 0.168 e. The van der Waals surface area contributed by atoms with Crippen LogP contribution in [0, 0.1) is 6.54 Å². The summed E-state index contributed by atoms with van der Waals surface area (Å²) in [6.07, 6.45) is 2.61. The molecule has 0 saturated heterocycles. The number of rotatable bonds is 2. The van der Waals surface area contributed by atoms with Crippen molar-refractivity contribution < 1.29 is 4.39 Å². The highest BCUT2D eigenvalue weighted by atomic mass is 19.1. The van der Waals surface area contributed by atoms with Gasteiger partial charge < -0.3 is 4.90 Å². The molecule has 49 valence electrons. The SMILES string of the molecule is CC1[C]N(CCF)[C]=N1. The van der Waals surface area contributed by atoms with Crippen molar-refractivity contribution in [1.82, 2.24) is 4.90 Å². The quantitative estimate of drug-likeness (QED) is 0.530. The van der Waals surface area contributed by atoms with E-state index in [1.807, 2.05) is 6.92 Å². The van der Waals surface area contributed by atoms with Crippen molar-refractivity contribution in [3.05, 3.63) is 6.54 Å². The molecule has 0 aromatic rings. The van der Waals surface area contributed by atoms with Gasteiger partial charge in [-0.25, -0.2) is 4.39 Å². The topological polar surface area (TPSA) is 15.6 Å². The first-order chi connectivity index (χ1) is 4.33. The van der Waals surface area contributed by atoms with Crippen LogP contribution >= 0.6 is 0 Å². The highest BCUT2D eigenvalue weighted by Crippen LogP contribution is 2.06. The molecule has 3 heteroatoms. The van der Waals surface area contributed by atoms with Crippen LogP contribution in [-0.4, -0.2) is 30.5 Å². The summed E-state index contributed by atoms with van der Waals surface area (Å²) in [5.41, 5.74) is 0. The molecule has 1 aliphatic rings. The van der Waals surface area contributed by atoms with E-state index in [2.05, 4.69) is 17.9 Å². The van der Waals surface area contributed by atoms with E-state index < -0.39 is 0 Å². The van der Waals surface area contributed by atoms with Crippen LogP contribution in [0.15, 0.2) is 4.99 Å². The second kappa shape index (κ2) is 2.80. The van der Waals surface area contributed by atoms with Crippen molar-refractivity contribution in [2.24, 2.45) is 4.99 Å². The van der Waals surface area contributed by atoms with Crippen LogP contribution in [0.3, 0.4) is 0 Å². The van der Waals surface area contributed by atoms with Gasteiger partial charge >= 0.3 is 0 Å². The first kappa shape index (κ1) is 6.52. The van der Waals surface area contributed by atoms with Crippen LogP contribution in [0.2, 0.25) is 0 Å². The van der Waals surface area contributed by atoms with Gasteiger partial charge in [0.2, 0.25) is 0 Å². The van der Waals surface area contributed by atoms with Crippen LogP contribution in [0.5, 0.6) is 0 Å². The Balaban J connectivity index is 2.24. The predicted octanol–water partition coefficient (Wildman–Crippen LogP) is 0.604. The summed E-state index contributed by atoms with van der Waals surface area (Å²) in [6.45, 7) is 4.70. The number of nitrogens with zero attached hydrogens (tertiary/aromatic N) is 2. The summed E-state index contributed by atoms with van der Waals surface area (Å²) in [6, 6.07) is 0.0524. The molecule has 1 heterocycles. The molecule has 3 radical (unpaired) electrons. The fourth-order valence-corrected chi connectivity index (χ4v) is 0.639. The molecular weight excluding hydrogens is 119 g/mol. The van der Waals surface area contributed by atoms with E-state index in [9.17, 15) is 4.39 Å². The minimum Gasteiger partial charge on any atom is -0.338 e. The molecule has 1 atom stereocenters. The van der Waals surface area contributed by atoms with Gasteiger partial charge in [0.25, 0.3) is 0 Å². The number of halogens is 1. The lowest BCUT2D eigenvalue weighted by atomic mass is 10.4. The molecule has 9 heavy (non-hydrogen) atoms. The molecule has 1 aliphatic heterocycles. The lowest BCUT2D eigenvalue weighted by Crippen LogP contribution is -2.19. The number of alkyl halides is 1. The minimum absolute atomic E-state index is 0.0524. The van der Waals surface area contributed by atoms with Crippen molar-refractivity contribution in [3.63, 3.8) is 0 Å². The van der Waals surface area contributed by atoms with Gasteiger partial charge in [0.15, 0.2) is 6.34 Å². The van der Waals surface area contributed by atoms with E-state index in [1.54, 1.807) is 0 Å². The molecule has 0 bridgehead atoms. The lowest BCUT2D eigenvalue weighted by Gasteiger charge is -2.08. The summed E-state index contributed by atoms with van der Waals surface area (Å²) < 4.78 is 11.6. The molecule has 2 nitrogen and oxygen atoms in total. The van der Waals surface area contributed by atoms with E-state index in [0.717, 1.165) is 0 Å². The molecule has 0 saturated carbocycles. The van der Waals surface area contributed by atoms with Gasteiger partial charge in [0, 0.05) is 6.54 Å². The molecule has 0 aromatic carbocycles. The monoisotopic (exact) mass is 127 g/mol. The maximum atomic E-state index is 11.6. The Morgan fingerprint density at radius 2 is 2.56 bits per heavy atom. The predicted molar refractivity (Wildman–Crippen MR) is 32.8 cm³/mol. The Morgan fingerprint density at radius 1 is 1.78 bits per heavy atom. The fourth-order valence-electron chi connectivity index (χ4n) is 0.639. The van der Waals surface area contributed by atoms with Crippen molar-refractivity contribution in [2.75, 3.05) is 13.2 Å². The number of aliphatic imine (C=N–C) groups is 1. The zero-order chi connectivity index (χ0) is 6.69. The molecule has 0 fully saturated rings. The van der Waals surface area contributed by atoms with Crippen LogP contribution in [0.4, 0.5) is 4.39 Å². The molecule has 1 rings (SSSR count). The van der Waals surface area contributed by atoms with E-state index in [-0.39, 0.29) is 12.7 Å². The Bertz CT molecular complexity index is 114.